The van der Waals surface area contributed by atoms with Crippen molar-refractivity contribution in [3.63, 3.8) is 0 Å². The zero-order valence-electron chi connectivity index (χ0n) is 22.0. The molecule has 0 aromatic heterocycles. The Balaban J connectivity index is 1.29. The van der Waals surface area contributed by atoms with Crippen LogP contribution in [0, 0.1) is 17.6 Å². The predicted octanol–water partition coefficient (Wildman–Crippen LogP) is 9.62. The van der Waals surface area contributed by atoms with E-state index in [1.54, 1.807) is 30.3 Å². The summed E-state index contributed by atoms with van der Waals surface area (Å²) in [5, 5.41) is 1.96. The molecule has 208 valence electrons. The Kier molecular flexibility index (Phi) is 10.6. The number of rotatable bonds is 10. The number of benzene rings is 3. The minimum absolute atomic E-state index is 0.136. The quantitative estimate of drug-likeness (QED) is 0.106. The van der Waals surface area contributed by atoms with Crippen molar-refractivity contribution in [2.75, 3.05) is 13.2 Å². The van der Waals surface area contributed by atoms with Gasteiger partial charge in [0.05, 0.1) is 18.4 Å². The molecule has 0 bridgehead atoms. The van der Waals surface area contributed by atoms with Crippen LogP contribution in [0.3, 0.4) is 0 Å². The Morgan fingerprint density at radius 3 is 2.15 bits per heavy atom. The third kappa shape index (κ3) is 7.61. The molecule has 8 heteroatoms. The van der Waals surface area contributed by atoms with Crippen molar-refractivity contribution < 1.29 is 27.0 Å². The second-order valence-corrected chi connectivity index (χ2v) is 9.75. The van der Waals surface area contributed by atoms with Crippen molar-refractivity contribution in [2.24, 2.45) is 10.9 Å². The minimum Gasteiger partial charge on any atom is -0.348 e. The van der Waals surface area contributed by atoms with E-state index < -0.39 is 35.3 Å². The summed E-state index contributed by atoms with van der Waals surface area (Å²) in [5.41, 5.74) is 2.97. The van der Waals surface area contributed by atoms with Crippen molar-refractivity contribution >= 4 is 28.9 Å². The van der Waals surface area contributed by atoms with Gasteiger partial charge in [0.1, 0.15) is 5.69 Å². The standard InChI is InChI=1S/C32H29F4NO2S/c1-2-3-4-5-27(33)30(36)25-14-12-24(13-15-25)23-10-8-21(9-11-23)6-7-22-18-38-32(39-19-22)26-16-28(34)31(37-20-40)29(35)17-26/h4-5,8-17,22,32H,2-3,6-7,18-19H2,1H3/b5-4+,30-27+. The van der Waals surface area contributed by atoms with E-state index in [0.717, 1.165) is 48.1 Å². The van der Waals surface area contributed by atoms with Gasteiger partial charge in [-0.05, 0) is 66.4 Å². The van der Waals surface area contributed by atoms with Crippen molar-refractivity contribution in [3.05, 3.63) is 107 Å². The molecule has 1 aliphatic heterocycles. The molecule has 0 atom stereocenters. The summed E-state index contributed by atoms with van der Waals surface area (Å²) in [5.74, 6) is -3.31. The van der Waals surface area contributed by atoms with Gasteiger partial charge in [-0.2, -0.15) is 4.99 Å². The number of hydrogen-bond donors (Lipinski definition) is 0. The van der Waals surface area contributed by atoms with Crippen LogP contribution in [-0.4, -0.2) is 18.4 Å². The van der Waals surface area contributed by atoms with Crippen molar-refractivity contribution in [3.8, 4) is 11.1 Å². The van der Waals surface area contributed by atoms with Crippen LogP contribution in [-0.2, 0) is 15.9 Å². The van der Waals surface area contributed by atoms with Gasteiger partial charge in [0, 0.05) is 17.0 Å². The number of unbranched alkanes of at least 4 members (excludes halogenated alkanes) is 1. The molecule has 3 aromatic rings. The van der Waals surface area contributed by atoms with Gasteiger partial charge < -0.3 is 9.47 Å². The summed E-state index contributed by atoms with van der Waals surface area (Å²) in [6.45, 7) is 2.78. The molecule has 4 rings (SSSR count). The van der Waals surface area contributed by atoms with Gasteiger partial charge in [-0.1, -0.05) is 68.0 Å². The van der Waals surface area contributed by atoms with Crippen LogP contribution >= 0.6 is 12.2 Å². The second kappa shape index (κ2) is 14.3. The third-order valence-electron chi connectivity index (χ3n) is 6.63. The second-order valence-electron chi connectivity index (χ2n) is 9.57. The molecule has 1 aliphatic rings. The summed E-state index contributed by atoms with van der Waals surface area (Å²) >= 11 is 4.42. The summed E-state index contributed by atoms with van der Waals surface area (Å²) in [6, 6.07) is 17.0. The van der Waals surface area contributed by atoms with Gasteiger partial charge in [-0.25, -0.2) is 17.6 Å². The first-order valence-corrected chi connectivity index (χ1v) is 13.5. The first-order chi connectivity index (χ1) is 19.4. The van der Waals surface area contributed by atoms with Crippen LogP contribution in [0.4, 0.5) is 23.2 Å². The fourth-order valence-electron chi connectivity index (χ4n) is 4.38. The zero-order valence-corrected chi connectivity index (χ0v) is 22.8. The maximum atomic E-state index is 14.4. The summed E-state index contributed by atoms with van der Waals surface area (Å²) in [7, 11) is 0. The molecule has 0 N–H and O–H groups in total. The average molecular weight is 568 g/mol. The summed E-state index contributed by atoms with van der Waals surface area (Å²) < 4.78 is 68.1. The molecule has 3 aromatic carbocycles. The van der Waals surface area contributed by atoms with E-state index in [9.17, 15) is 17.6 Å². The fraction of sp³-hybridized carbons (Fsp3) is 0.281. The fourth-order valence-corrected chi connectivity index (χ4v) is 4.48. The Morgan fingerprint density at radius 1 is 0.975 bits per heavy atom. The SMILES string of the molecule is CCC/C=C/C(F)=C(\F)c1ccc(-c2ccc(CCC3COC(c4cc(F)c(N=C=S)c(F)c4)OC3)cc2)cc1. The Morgan fingerprint density at radius 2 is 1.57 bits per heavy atom. The zero-order chi connectivity index (χ0) is 28.5. The van der Waals surface area contributed by atoms with Crippen molar-refractivity contribution in [2.45, 2.75) is 38.9 Å². The van der Waals surface area contributed by atoms with Gasteiger partial charge in [-0.3, -0.25) is 0 Å². The van der Waals surface area contributed by atoms with Crippen LogP contribution in [0.5, 0.6) is 0 Å². The van der Waals surface area contributed by atoms with E-state index in [1.807, 2.05) is 36.4 Å². The number of hydrogen-bond acceptors (Lipinski definition) is 4. The predicted molar refractivity (Wildman–Crippen MR) is 153 cm³/mol. The Bertz CT molecular complexity index is 1380. The summed E-state index contributed by atoms with van der Waals surface area (Å²) in [6.07, 6.45) is 5.14. The van der Waals surface area contributed by atoms with E-state index in [4.69, 9.17) is 9.47 Å². The van der Waals surface area contributed by atoms with Crippen molar-refractivity contribution in [1.82, 2.24) is 0 Å². The normalized spacial score (nSPS) is 17.9. The highest BCUT2D eigenvalue weighted by Crippen LogP contribution is 2.32. The number of thiocarbonyl (C=S) groups is 1. The number of halogens is 4. The van der Waals surface area contributed by atoms with Crippen LogP contribution < -0.4 is 0 Å². The van der Waals surface area contributed by atoms with Crippen molar-refractivity contribution in [1.29, 1.82) is 0 Å². The topological polar surface area (TPSA) is 30.8 Å². The molecule has 40 heavy (non-hydrogen) atoms. The molecule has 0 aliphatic carbocycles. The van der Waals surface area contributed by atoms with E-state index >= 15 is 0 Å². The lowest BCUT2D eigenvalue weighted by Gasteiger charge is -2.29. The smallest absolute Gasteiger partial charge is 0.184 e. The van der Waals surface area contributed by atoms with Gasteiger partial charge in [-0.15, -0.1) is 0 Å². The largest absolute Gasteiger partial charge is 0.348 e. The van der Waals surface area contributed by atoms with Crippen LogP contribution in [0.2, 0.25) is 0 Å². The lowest BCUT2D eigenvalue weighted by atomic mass is 9.97. The van der Waals surface area contributed by atoms with E-state index in [0.29, 0.717) is 19.6 Å². The monoisotopic (exact) mass is 567 g/mol. The average Bonchev–Trinajstić information content (AvgIpc) is 2.98. The maximum absolute atomic E-state index is 14.4. The van der Waals surface area contributed by atoms with Gasteiger partial charge >= 0.3 is 0 Å². The molecular weight excluding hydrogens is 538 g/mol. The first kappa shape index (κ1) is 29.6. The molecule has 0 unspecified atom stereocenters. The molecule has 0 radical (unpaired) electrons. The molecule has 0 spiro atoms. The molecule has 0 saturated carbocycles. The van der Waals surface area contributed by atoms with Crippen LogP contribution in [0.25, 0.3) is 17.0 Å². The number of nitrogens with zero attached hydrogens (tertiary/aromatic N) is 1. The Hall–Kier alpha value is -3.42. The highest BCUT2D eigenvalue weighted by Gasteiger charge is 2.25. The summed E-state index contributed by atoms with van der Waals surface area (Å²) in [4.78, 5) is 3.41. The number of aryl methyl sites for hydroxylation is 1. The lowest BCUT2D eigenvalue weighted by Crippen LogP contribution is -2.27. The molecular formula is C32H29F4NO2S. The number of aliphatic imine (C=N–C) groups is 1. The number of allylic oxidation sites excluding steroid dienone is 3. The van der Waals surface area contributed by atoms with Crippen LogP contribution in [0.1, 0.15) is 49.2 Å². The van der Waals surface area contributed by atoms with E-state index in [1.165, 1.54) is 6.08 Å². The molecule has 1 fully saturated rings. The number of ether oxygens (including phenoxy) is 2. The van der Waals surface area contributed by atoms with Gasteiger partial charge in [0.25, 0.3) is 0 Å². The minimum atomic E-state index is -0.871. The lowest BCUT2D eigenvalue weighted by molar-refractivity contribution is -0.206. The highest BCUT2D eigenvalue weighted by atomic mass is 32.1. The Labute approximate surface area is 236 Å². The number of isothiocyanates is 1. The van der Waals surface area contributed by atoms with Gasteiger partial charge in [0.15, 0.2) is 29.6 Å². The maximum Gasteiger partial charge on any atom is 0.184 e. The third-order valence-corrected chi connectivity index (χ3v) is 6.72. The van der Waals surface area contributed by atoms with Crippen LogP contribution in [0.15, 0.2) is 83.6 Å². The van der Waals surface area contributed by atoms with Gasteiger partial charge in [0.2, 0.25) is 0 Å². The first-order valence-electron chi connectivity index (χ1n) is 13.1. The highest BCUT2D eigenvalue weighted by molar-refractivity contribution is 7.78. The molecule has 3 nitrogen and oxygen atoms in total. The molecule has 1 heterocycles. The molecule has 1 saturated heterocycles. The van der Waals surface area contributed by atoms with E-state index in [-0.39, 0.29) is 17.0 Å². The molecule has 0 amide bonds. The van der Waals surface area contributed by atoms with E-state index in [2.05, 4.69) is 17.2 Å².